The van der Waals surface area contributed by atoms with Crippen molar-refractivity contribution in [3.8, 4) is 22.6 Å². The molecule has 2 aromatic carbocycles. The van der Waals surface area contributed by atoms with Gasteiger partial charge in [-0.2, -0.15) is 0 Å². The maximum Gasteiger partial charge on any atom is 0.307 e. The van der Waals surface area contributed by atoms with Gasteiger partial charge < -0.3 is 19.7 Å². The van der Waals surface area contributed by atoms with Crippen molar-refractivity contribution in [2.24, 2.45) is 0 Å². The maximum atomic E-state index is 12.8. The van der Waals surface area contributed by atoms with E-state index in [2.05, 4.69) is 0 Å². The number of hydrogen-bond acceptors (Lipinski definition) is 5. The van der Waals surface area contributed by atoms with Crippen molar-refractivity contribution in [1.29, 1.82) is 0 Å². The van der Waals surface area contributed by atoms with Gasteiger partial charge in [0.05, 0.1) is 12.8 Å². The van der Waals surface area contributed by atoms with Gasteiger partial charge in [-0.05, 0) is 61.4 Å². The van der Waals surface area contributed by atoms with E-state index in [9.17, 15) is 14.4 Å². The minimum Gasteiger partial charge on any atom is -0.490 e. The molecule has 2 aromatic rings. The SMILES string of the molecule is CC(CC(=O)O)Oc1ccc2c(c1)C(=O)c1cc(OC(C)CC(=O)O)ccc1-2. The minimum absolute atomic E-state index is 0.138. The summed E-state index contributed by atoms with van der Waals surface area (Å²) in [6, 6.07) is 10.2. The van der Waals surface area contributed by atoms with Crippen LogP contribution < -0.4 is 9.47 Å². The van der Waals surface area contributed by atoms with Gasteiger partial charge >= 0.3 is 11.9 Å². The van der Waals surface area contributed by atoms with Crippen molar-refractivity contribution in [2.45, 2.75) is 38.9 Å². The van der Waals surface area contributed by atoms with Crippen LogP contribution in [0.15, 0.2) is 36.4 Å². The van der Waals surface area contributed by atoms with Crippen molar-refractivity contribution < 1.29 is 34.1 Å². The Morgan fingerprint density at radius 1 is 0.786 bits per heavy atom. The van der Waals surface area contributed by atoms with E-state index in [1.165, 1.54) is 0 Å². The molecule has 0 fully saturated rings. The molecule has 0 amide bonds. The first-order valence-corrected chi connectivity index (χ1v) is 8.84. The highest BCUT2D eigenvalue weighted by atomic mass is 16.5. The third-order valence-electron chi connectivity index (χ3n) is 4.36. The van der Waals surface area contributed by atoms with Gasteiger partial charge in [0.15, 0.2) is 5.78 Å². The first kappa shape index (κ1) is 19.4. The third kappa shape index (κ3) is 4.14. The van der Waals surface area contributed by atoms with Crippen LogP contribution in [-0.4, -0.2) is 40.1 Å². The molecule has 7 heteroatoms. The Labute approximate surface area is 161 Å². The molecule has 7 nitrogen and oxygen atoms in total. The van der Waals surface area contributed by atoms with Crippen LogP contribution in [0.2, 0.25) is 0 Å². The van der Waals surface area contributed by atoms with Gasteiger partial charge in [0.1, 0.15) is 23.7 Å². The number of carbonyl (C=O) groups is 3. The van der Waals surface area contributed by atoms with Crippen LogP contribution in [0.4, 0.5) is 0 Å². The Balaban J connectivity index is 1.81. The highest BCUT2D eigenvalue weighted by Gasteiger charge is 2.28. The largest absolute Gasteiger partial charge is 0.490 e. The van der Waals surface area contributed by atoms with Crippen LogP contribution >= 0.6 is 0 Å². The molecular weight excluding hydrogens is 364 g/mol. The molecule has 0 heterocycles. The summed E-state index contributed by atoms with van der Waals surface area (Å²) in [7, 11) is 0. The van der Waals surface area contributed by atoms with Crippen molar-refractivity contribution in [2.75, 3.05) is 0 Å². The van der Waals surface area contributed by atoms with Gasteiger partial charge in [-0.15, -0.1) is 0 Å². The van der Waals surface area contributed by atoms with Gasteiger partial charge in [0, 0.05) is 11.1 Å². The number of rotatable bonds is 8. The second-order valence-corrected chi connectivity index (χ2v) is 6.80. The lowest BCUT2D eigenvalue weighted by Crippen LogP contribution is -2.16. The van der Waals surface area contributed by atoms with Crippen LogP contribution in [0.1, 0.15) is 42.6 Å². The molecule has 1 aliphatic rings. The second-order valence-electron chi connectivity index (χ2n) is 6.80. The fourth-order valence-corrected chi connectivity index (χ4v) is 3.22. The van der Waals surface area contributed by atoms with E-state index in [4.69, 9.17) is 19.7 Å². The molecule has 0 spiro atoms. The number of carboxylic acids is 2. The number of ether oxygens (including phenoxy) is 2. The third-order valence-corrected chi connectivity index (χ3v) is 4.36. The Morgan fingerprint density at radius 3 is 1.54 bits per heavy atom. The number of ketones is 1. The molecule has 2 unspecified atom stereocenters. The predicted octanol–water partition coefficient (Wildman–Crippen LogP) is 3.38. The normalized spacial score (nSPS) is 14.0. The lowest BCUT2D eigenvalue weighted by Gasteiger charge is -2.13. The summed E-state index contributed by atoms with van der Waals surface area (Å²) in [6.07, 6.45) is -1.32. The number of carbonyl (C=O) groups excluding carboxylic acids is 1. The Kier molecular flexibility index (Phi) is 5.35. The predicted molar refractivity (Wildman–Crippen MR) is 100.0 cm³/mol. The van der Waals surface area contributed by atoms with E-state index in [-0.39, 0.29) is 18.6 Å². The van der Waals surface area contributed by atoms with E-state index in [1.54, 1.807) is 50.2 Å². The highest BCUT2D eigenvalue weighted by molar-refractivity contribution is 6.22. The van der Waals surface area contributed by atoms with Gasteiger partial charge in [-0.25, -0.2) is 0 Å². The molecule has 146 valence electrons. The van der Waals surface area contributed by atoms with E-state index >= 15 is 0 Å². The molecular formula is C21H20O7. The molecule has 0 radical (unpaired) electrons. The molecule has 2 N–H and O–H groups in total. The second kappa shape index (κ2) is 7.72. The first-order valence-electron chi connectivity index (χ1n) is 8.84. The summed E-state index contributed by atoms with van der Waals surface area (Å²) in [4.78, 5) is 34.4. The van der Waals surface area contributed by atoms with Crippen LogP contribution in [0.25, 0.3) is 11.1 Å². The smallest absolute Gasteiger partial charge is 0.307 e. The quantitative estimate of drug-likeness (QED) is 0.612. The van der Waals surface area contributed by atoms with E-state index in [1.807, 2.05) is 0 Å². The van der Waals surface area contributed by atoms with E-state index < -0.39 is 24.1 Å². The number of benzene rings is 2. The zero-order chi connectivity index (χ0) is 20.4. The summed E-state index contributed by atoms with van der Waals surface area (Å²) < 4.78 is 11.2. The monoisotopic (exact) mass is 384 g/mol. The molecule has 1 aliphatic carbocycles. The fraction of sp³-hybridized carbons (Fsp3) is 0.286. The number of fused-ring (bicyclic) bond motifs is 3. The van der Waals surface area contributed by atoms with E-state index in [0.717, 1.165) is 11.1 Å². The van der Waals surface area contributed by atoms with Crippen molar-refractivity contribution in [3.05, 3.63) is 47.5 Å². The minimum atomic E-state index is -0.957. The van der Waals surface area contributed by atoms with Gasteiger partial charge in [0.25, 0.3) is 0 Å². The average molecular weight is 384 g/mol. The van der Waals surface area contributed by atoms with Crippen LogP contribution in [0, 0.1) is 0 Å². The zero-order valence-corrected chi connectivity index (χ0v) is 15.5. The lowest BCUT2D eigenvalue weighted by atomic mass is 10.1. The fourth-order valence-electron chi connectivity index (χ4n) is 3.22. The Morgan fingerprint density at radius 2 is 1.18 bits per heavy atom. The van der Waals surface area contributed by atoms with Gasteiger partial charge in [-0.1, -0.05) is 0 Å². The van der Waals surface area contributed by atoms with Crippen molar-refractivity contribution in [3.63, 3.8) is 0 Å². The molecule has 3 rings (SSSR count). The lowest BCUT2D eigenvalue weighted by molar-refractivity contribution is -0.139. The summed E-state index contributed by atoms with van der Waals surface area (Å²) >= 11 is 0. The Hall–Kier alpha value is -3.35. The molecule has 0 aromatic heterocycles. The summed E-state index contributed by atoms with van der Waals surface area (Å²) in [5.74, 6) is -1.23. The Bertz CT molecular complexity index is 872. The topological polar surface area (TPSA) is 110 Å². The average Bonchev–Trinajstić information content (AvgIpc) is 2.85. The molecule has 28 heavy (non-hydrogen) atoms. The summed E-state index contributed by atoms with van der Waals surface area (Å²) in [5.41, 5.74) is 2.49. The first-order chi connectivity index (χ1) is 13.2. The summed E-state index contributed by atoms with van der Waals surface area (Å²) in [5, 5.41) is 17.7. The number of carboxylic acid groups (broad SMARTS) is 2. The maximum absolute atomic E-state index is 12.8. The zero-order valence-electron chi connectivity index (χ0n) is 15.5. The van der Waals surface area contributed by atoms with Crippen molar-refractivity contribution >= 4 is 17.7 Å². The standard InChI is InChI=1S/C21H20O7/c1-11(7-19(22)23)27-13-3-5-15-16-6-4-14(28-12(2)8-20(24)25)10-18(16)21(26)17(15)9-13/h3-6,9-12H,7-8H2,1-2H3,(H,22,23)(H,24,25). The van der Waals surface area contributed by atoms with Crippen LogP contribution in [0.5, 0.6) is 11.5 Å². The number of aliphatic carboxylic acids is 2. The molecule has 0 saturated carbocycles. The van der Waals surface area contributed by atoms with Crippen LogP contribution in [-0.2, 0) is 9.59 Å². The molecule has 2 atom stereocenters. The molecule has 0 aliphatic heterocycles. The summed E-state index contributed by atoms with van der Waals surface area (Å²) in [6.45, 7) is 3.31. The van der Waals surface area contributed by atoms with Crippen molar-refractivity contribution in [1.82, 2.24) is 0 Å². The van der Waals surface area contributed by atoms with Gasteiger partial charge in [-0.3, -0.25) is 14.4 Å². The van der Waals surface area contributed by atoms with Gasteiger partial charge in [0.2, 0.25) is 0 Å². The van der Waals surface area contributed by atoms with E-state index in [0.29, 0.717) is 22.6 Å². The molecule has 0 bridgehead atoms. The van der Waals surface area contributed by atoms with Crippen LogP contribution in [0.3, 0.4) is 0 Å². The highest BCUT2D eigenvalue weighted by Crippen LogP contribution is 2.40. The number of hydrogen-bond donors (Lipinski definition) is 2. The molecule has 0 saturated heterocycles.